The maximum atomic E-state index is 12.9. The summed E-state index contributed by atoms with van der Waals surface area (Å²) in [5.74, 6) is -1.16. The zero-order chi connectivity index (χ0) is 20.8. The van der Waals surface area contributed by atoms with Gasteiger partial charge in [-0.15, -0.1) is 0 Å². The number of carbonyl (C=O) groups excluding carboxylic acids is 1. The van der Waals surface area contributed by atoms with Gasteiger partial charge in [0.15, 0.2) is 6.10 Å². The Bertz CT molecular complexity index is 808. The largest absolute Gasteiger partial charge is 0.479 e. The first-order valence-electron chi connectivity index (χ1n) is 9.97. The van der Waals surface area contributed by atoms with Gasteiger partial charge in [-0.3, -0.25) is 4.79 Å². The van der Waals surface area contributed by atoms with E-state index in [1.807, 2.05) is 18.7 Å². The molecule has 1 unspecified atom stereocenters. The van der Waals surface area contributed by atoms with Crippen molar-refractivity contribution in [3.05, 3.63) is 27.8 Å². The summed E-state index contributed by atoms with van der Waals surface area (Å²) < 4.78 is 5.45. The Morgan fingerprint density at radius 3 is 2.29 bits per heavy atom. The highest BCUT2D eigenvalue weighted by atomic mass is 28.3. The zero-order valence-electron chi connectivity index (χ0n) is 17.5. The number of carbonyl (C=O) groups is 2. The molecule has 2 aliphatic heterocycles. The summed E-state index contributed by atoms with van der Waals surface area (Å²) in [6.07, 6.45) is 0.422. The minimum Gasteiger partial charge on any atom is -0.479 e. The molecule has 6 nitrogen and oxygen atoms in total. The molecule has 2 N–H and O–H groups in total. The molecule has 1 atom stereocenters. The summed E-state index contributed by atoms with van der Waals surface area (Å²) in [6.45, 7) is 12.3. The van der Waals surface area contributed by atoms with Gasteiger partial charge in [-0.05, 0) is 54.5 Å². The number of aliphatic carboxylic acids is 1. The van der Waals surface area contributed by atoms with Crippen LogP contribution in [-0.4, -0.2) is 54.3 Å². The molecule has 0 aromatic heterocycles. The van der Waals surface area contributed by atoms with Crippen molar-refractivity contribution in [2.45, 2.75) is 71.4 Å². The number of ether oxygens (including phenoxy) is 1. The highest BCUT2D eigenvalue weighted by Crippen LogP contribution is 2.34. The van der Waals surface area contributed by atoms with Crippen LogP contribution in [0.3, 0.4) is 0 Å². The van der Waals surface area contributed by atoms with E-state index in [1.165, 1.54) is 0 Å². The van der Waals surface area contributed by atoms with E-state index in [0.29, 0.717) is 25.3 Å². The van der Waals surface area contributed by atoms with Gasteiger partial charge in [0.25, 0.3) is 0 Å². The van der Waals surface area contributed by atoms with Crippen LogP contribution in [0.15, 0.2) is 0 Å². The summed E-state index contributed by atoms with van der Waals surface area (Å²) in [5, 5.41) is 21.0. The quantitative estimate of drug-likeness (QED) is 0.749. The van der Waals surface area contributed by atoms with Crippen molar-refractivity contribution in [3.8, 4) is 0 Å². The lowest BCUT2D eigenvalue weighted by atomic mass is 9.85. The van der Waals surface area contributed by atoms with Crippen molar-refractivity contribution >= 4 is 25.1 Å². The molecule has 1 saturated heterocycles. The summed E-state index contributed by atoms with van der Waals surface area (Å²) in [6, 6.07) is 0.203. The molecule has 0 spiro atoms. The van der Waals surface area contributed by atoms with Crippen molar-refractivity contribution in [1.29, 1.82) is 0 Å². The predicted octanol–water partition coefficient (Wildman–Crippen LogP) is 2.03. The Kier molecular flexibility index (Phi) is 5.71. The SMILES string of the molecule is Cc1c2c(c(C)c([Si](C)(C)C)c1C(O)C(=O)O)CN(C1CCOCC1)C(=O)C2. The first-order valence-corrected chi connectivity index (χ1v) is 13.5. The normalized spacial score (nSPS) is 19.5. The molecule has 1 aromatic carbocycles. The van der Waals surface area contributed by atoms with Crippen molar-refractivity contribution in [2.75, 3.05) is 13.2 Å². The van der Waals surface area contributed by atoms with Crippen LogP contribution >= 0.6 is 0 Å². The number of hydrogen-bond donors (Lipinski definition) is 2. The summed E-state index contributed by atoms with van der Waals surface area (Å²) in [5.41, 5.74) is 4.38. The lowest BCUT2D eigenvalue weighted by Crippen LogP contribution is -2.49. The fourth-order valence-corrected chi connectivity index (χ4v) is 7.29. The minimum atomic E-state index is -1.95. The molecular formula is C21H31NO5Si. The van der Waals surface area contributed by atoms with Crippen LogP contribution < -0.4 is 5.19 Å². The lowest BCUT2D eigenvalue weighted by Gasteiger charge is -2.40. The molecule has 0 aliphatic carbocycles. The Labute approximate surface area is 167 Å². The van der Waals surface area contributed by atoms with Crippen LogP contribution in [0.4, 0.5) is 0 Å². The van der Waals surface area contributed by atoms with Crippen LogP contribution in [0.1, 0.15) is 46.8 Å². The third-order valence-corrected chi connectivity index (χ3v) is 8.33. The van der Waals surface area contributed by atoms with E-state index in [1.54, 1.807) is 0 Å². The topological polar surface area (TPSA) is 87.1 Å². The molecule has 2 aliphatic rings. The predicted molar refractivity (Wildman–Crippen MR) is 110 cm³/mol. The number of aliphatic hydroxyl groups excluding tert-OH is 1. The Hall–Kier alpha value is -1.70. The van der Waals surface area contributed by atoms with E-state index in [2.05, 4.69) is 19.6 Å². The second-order valence-corrected chi connectivity index (χ2v) is 14.0. The van der Waals surface area contributed by atoms with Crippen molar-refractivity contribution in [3.63, 3.8) is 0 Å². The molecule has 0 saturated carbocycles. The highest BCUT2D eigenvalue weighted by Gasteiger charge is 2.37. The van der Waals surface area contributed by atoms with E-state index in [-0.39, 0.29) is 18.4 Å². The summed E-state index contributed by atoms with van der Waals surface area (Å²) in [7, 11) is -1.95. The summed E-state index contributed by atoms with van der Waals surface area (Å²) in [4.78, 5) is 26.5. The second-order valence-electron chi connectivity index (χ2n) is 9.03. The first-order chi connectivity index (χ1) is 13.0. The Morgan fingerprint density at radius 1 is 1.14 bits per heavy atom. The number of carboxylic acid groups (broad SMARTS) is 1. The van der Waals surface area contributed by atoms with Crippen LogP contribution in [0, 0.1) is 13.8 Å². The van der Waals surface area contributed by atoms with Crippen LogP contribution in [-0.2, 0) is 27.3 Å². The molecule has 7 heteroatoms. The molecule has 0 bridgehead atoms. The number of aliphatic hydroxyl groups is 1. The third-order valence-electron chi connectivity index (χ3n) is 6.18. The molecule has 1 amide bonds. The fraction of sp³-hybridized carbons (Fsp3) is 0.619. The molecule has 1 aromatic rings. The molecule has 2 heterocycles. The van der Waals surface area contributed by atoms with Gasteiger partial charge in [0.2, 0.25) is 5.91 Å². The van der Waals surface area contributed by atoms with E-state index in [4.69, 9.17) is 4.74 Å². The number of hydrogen-bond acceptors (Lipinski definition) is 4. The van der Waals surface area contributed by atoms with Gasteiger partial charge < -0.3 is 19.8 Å². The minimum absolute atomic E-state index is 0.0819. The smallest absolute Gasteiger partial charge is 0.337 e. The van der Waals surface area contributed by atoms with E-state index >= 15 is 0 Å². The second kappa shape index (κ2) is 7.61. The van der Waals surface area contributed by atoms with Crippen molar-refractivity contribution < 1.29 is 24.5 Å². The fourth-order valence-electron chi connectivity index (χ4n) is 4.88. The van der Waals surface area contributed by atoms with Crippen LogP contribution in [0.2, 0.25) is 19.6 Å². The van der Waals surface area contributed by atoms with Gasteiger partial charge in [0, 0.05) is 25.8 Å². The molecule has 154 valence electrons. The molecule has 0 radical (unpaired) electrons. The summed E-state index contributed by atoms with van der Waals surface area (Å²) >= 11 is 0. The average molecular weight is 406 g/mol. The first kappa shape index (κ1) is 21.0. The van der Waals surface area contributed by atoms with E-state index < -0.39 is 20.1 Å². The number of benzene rings is 1. The number of carboxylic acids is 1. The number of amides is 1. The van der Waals surface area contributed by atoms with E-state index in [9.17, 15) is 19.8 Å². The average Bonchev–Trinajstić information content (AvgIpc) is 2.63. The van der Waals surface area contributed by atoms with Gasteiger partial charge >= 0.3 is 5.97 Å². The van der Waals surface area contributed by atoms with Gasteiger partial charge in [-0.25, -0.2) is 4.79 Å². The Morgan fingerprint density at radius 2 is 1.75 bits per heavy atom. The van der Waals surface area contributed by atoms with Crippen molar-refractivity contribution in [1.82, 2.24) is 4.90 Å². The monoisotopic (exact) mass is 405 g/mol. The highest BCUT2D eigenvalue weighted by molar-refractivity contribution is 6.89. The number of nitrogens with zero attached hydrogens (tertiary/aromatic N) is 1. The van der Waals surface area contributed by atoms with Gasteiger partial charge in [-0.1, -0.05) is 24.8 Å². The molecule has 3 rings (SSSR count). The van der Waals surface area contributed by atoms with Crippen LogP contribution in [0.25, 0.3) is 0 Å². The zero-order valence-corrected chi connectivity index (χ0v) is 18.5. The van der Waals surface area contributed by atoms with Gasteiger partial charge in [0.05, 0.1) is 14.5 Å². The van der Waals surface area contributed by atoms with E-state index in [0.717, 1.165) is 40.3 Å². The maximum absolute atomic E-state index is 12.9. The van der Waals surface area contributed by atoms with Gasteiger partial charge in [-0.2, -0.15) is 0 Å². The van der Waals surface area contributed by atoms with Crippen LogP contribution in [0.5, 0.6) is 0 Å². The number of rotatable bonds is 4. The third kappa shape index (κ3) is 3.63. The standard InChI is InChI=1S/C21H31NO5Si/c1-12-15-10-17(23)22(14-6-8-27-9-7-14)11-16(15)13(2)20(28(3,4)5)18(12)19(24)21(25)26/h14,19,24H,6-11H2,1-5H3,(H,25,26). The number of fused-ring (bicyclic) bond motifs is 1. The Balaban J connectivity index is 2.16. The molecule has 28 heavy (non-hydrogen) atoms. The molecular weight excluding hydrogens is 374 g/mol. The lowest BCUT2D eigenvalue weighted by molar-refractivity contribution is -0.146. The molecule has 1 fully saturated rings. The van der Waals surface area contributed by atoms with Crippen molar-refractivity contribution in [2.24, 2.45) is 0 Å². The maximum Gasteiger partial charge on any atom is 0.337 e. The van der Waals surface area contributed by atoms with Gasteiger partial charge in [0.1, 0.15) is 0 Å².